The Labute approximate surface area is 134 Å². The minimum atomic E-state index is -0.419. The van der Waals surface area contributed by atoms with E-state index in [1.807, 2.05) is 18.2 Å². The topological polar surface area (TPSA) is 60.2 Å². The second kappa shape index (κ2) is 6.87. The normalized spacial score (nSPS) is 10.4. The number of nitrogens with zero attached hydrogens (tertiary/aromatic N) is 1. The second-order valence-electron chi connectivity index (χ2n) is 4.41. The average Bonchev–Trinajstić information content (AvgIpc) is 2.46. The molecule has 0 bridgehead atoms. The maximum atomic E-state index is 11.3. The zero-order chi connectivity index (χ0) is 15.4. The molecule has 0 amide bonds. The van der Waals surface area contributed by atoms with Gasteiger partial charge in [0.15, 0.2) is 5.78 Å². The van der Waals surface area contributed by atoms with Crippen molar-refractivity contribution in [3.05, 3.63) is 68.2 Å². The Hall–Kier alpha value is -1.66. The number of hydrogen-bond donors (Lipinski definition) is 0. The first kappa shape index (κ1) is 15.7. The van der Waals surface area contributed by atoms with Crippen LogP contribution < -0.4 is 0 Å². The molecule has 0 aliphatic rings. The fraction of sp³-hybridized carbons (Fsp3) is 0.133. The zero-order valence-electron chi connectivity index (χ0n) is 11.2. The standard InChI is InChI=1S/C15H12BrNO3S/c1-10(18)11-3-2-4-14(7-11)21-9-12-5-6-13(17(19)20)8-15(12)16/h2-8H,9H2,1H3. The van der Waals surface area contributed by atoms with Gasteiger partial charge in [0, 0.05) is 32.8 Å². The third-order valence-electron chi connectivity index (χ3n) is 2.88. The van der Waals surface area contributed by atoms with Gasteiger partial charge >= 0.3 is 0 Å². The summed E-state index contributed by atoms with van der Waals surface area (Å²) in [4.78, 5) is 22.6. The van der Waals surface area contributed by atoms with Gasteiger partial charge in [-0.1, -0.05) is 34.1 Å². The maximum absolute atomic E-state index is 11.3. The molecule has 0 aliphatic heterocycles. The lowest BCUT2D eigenvalue weighted by atomic mass is 10.2. The second-order valence-corrected chi connectivity index (χ2v) is 6.31. The number of rotatable bonds is 5. The molecular weight excluding hydrogens is 354 g/mol. The lowest BCUT2D eigenvalue weighted by molar-refractivity contribution is -0.384. The largest absolute Gasteiger partial charge is 0.295 e. The lowest BCUT2D eigenvalue weighted by Gasteiger charge is -2.05. The number of non-ortho nitro benzene ring substituents is 1. The number of thioether (sulfide) groups is 1. The molecule has 0 saturated carbocycles. The number of halogens is 1. The van der Waals surface area contributed by atoms with Crippen LogP contribution in [-0.2, 0) is 5.75 Å². The minimum absolute atomic E-state index is 0.0361. The molecule has 0 aliphatic carbocycles. The van der Waals surface area contributed by atoms with Gasteiger partial charge in [-0.15, -0.1) is 11.8 Å². The van der Waals surface area contributed by atoms with Gasteiger partial charge in [0.1, 0.15) is 0 Å². The summed E-state index contributed by atoms with van der Waals surface area (Å²) >= 11 is 4.94. The average molecular weight is 366 g/mol. The number of ketones is 1. The van der Waals surface area contributed by atoms with Crippen molar-refractivity contribution >= 4 is 39.2 Å². The Morgan fingerprint density at radius 1 is 1.29 bits per heavy atom. The predicted octanol–water partition coefficient (Wildman–Crippen LogP) is 4.85. The summed E-state index contributed by atoms with van der Waals surface area (Å²) in [5.74, 6) is 0.703. The van der Waals surface area contributed by atoms with E-state index in [1.54, 1.807) is 23.9 Å². The maximum Gasteiger partial charge on any atom is 0.270 e. The molecule has 0 saturated heterocycles. The van der Waals surface area contributed by atoms with E-state index in [0.29, 0.717) is 15.8 Å². The zero-order valence-corrected chi connectivity index (χ0v) is 13.6. The fourth-order valence-corrected chi connectivity index (χ4v) is 3.38. The summed E-state index contributed by atoms with van der Waals surface area (Å²) < 4.78 is 0.715. The van der Waals surface area contributed by atoms with Crippen molar-refractivity contribution in [1.29, 1.82) is 0 Å². The molecule has 0 fully saturated rings. The van der Waals surface area contributed by atoms with E-state index in [1.165, 1.54) is 19.1 Å². The smallest absolute Gasteiger partial charge is 0.270 e. The summed E-state index contributed by atoms with van der Waals surface area (Å²) in [5.41, 5.74) is 1.72. The van der Waals surface area contributed by atoms with Crippen LogP contribution in [0.5, 0.6) is 0 Å². The van der Waals surface area contributed by atoms with Gasteiger partial charge in [0.2, 0.25) is 0 Å². The molecule has 0 heterocycles. The highest BCUT2D eigenvalue weighted by Crippen LogP contribution is 2.29. The summed E-state index contributed by atoms with van der Waals surface area (Å²) in [7, 11) is 0. The quantitative estimate of drug-likeness (QED) is 0.328. The Bertz CT molecular complexity index is 703. The SMILES string of the molecule is CC(=O)c1cccc(SCc2ccc([N+](=O)[O-])cc2Br)c1. The molecule has 0 spiro atoms. The number of Topliss-reactive ketones (excluding diaryl/α,β-unsaturated/α-hetero) is 1. The first-order valence-corrected chi connectivity index (χ1v) is 7.92. The predicted molar refractivity (Wildman–Crippen MR) is 86.8 cm³/mol. The number of benzene rings is 2. The molecule has 0 atom stereocenters. The number of carbonyl (C=O) groups is 1. The molecule has 4 nitrogen and oxygen atoms in total. The number of nitro groups is 1. The van der Waals surface area contributed by atoms with Crippen molar-refractivity contribution in [3.63, 3.8) is 0 Å². The molecule has 0 N–H and O–H groups in total. The van der Waals surface area contributed by atoms with Gasteiger partial charge in [-0.05, 0) is 24.6 Å². The van der Waals surface area contributed by atoms with E-state index in [2.05, 4.69) is 15.9 Å². The summed E-state index contributed by atoms with van der Waals surface area (Å²) in [5, 5.41) is 10.7. The number of carbonyl (C=O) groups excluding carboxylic acids is 1. The van der Waals surface area contributed by atoms with Crippen LogP contribution in [0.25, 0.3) is 0 Å². The van der Waals surface area contributed by atoms with Gasteiger partial charge in [-0.2, -0.15) is 0 Å². The van der Waals surface area contributed by atoms with Gasteiger partial charge in [0.05, 0.1) is 4.92 Å². The molecule has 6 heteroatoms. The molecule has 108 valence electrons. The van der Waals surface area contributed by atoms with Crippen molar-refractivity contribution in [2.24, 2.45) is 0 Å². The monoisotopic (exact) mass is 365 g/mol. The van der Waals surface area contributed by atoms with Crippen molar-refractivity contribution in [1.82, 2.24) is 0 Å². The van der Waals surface area contributed by atoms with Gasteiger partial charge in [-0.3, -0.25) is 14.9 Å². The fourth-order valence-electron chi connectivity index (χ4n) is 1.73. The van der Waals surface area contributed by atoms with Crippen molar-refractivity contribution in [3.8, 4) is 0 Å². The van der Waals surface area contributed by atoms with Crippen LogP contribution >= 0.6 is 27.7 Å². The molecule has 0 unspecified atom stereocenters. The summed E-state index contributed by atoms with van der Waals surface area (Å²) in [6, 6.07) is 12.2. The van der Waals surface area contributed by atoms with E-state index in [9.17, 15) is 14.9 Å². The van der Waals surface area contributed by atoms with E-state index in [-0.39, 0.29) is 11.5 Å². The Balaban J connectivity index is 2.11. The molecule has 21 heavy (non-hydrogen) atoms. The van der Waals surface area contributed by atoms with Crippen LogP contribution in [0, 0.1) is 10.1 Å². The van der Waals surface area contributed by atoms with Crippen molar-refractivity contribution in [2.75, 3.05) is 0 Å². The highest BCUT2D eigenvalue weighted by Gasteiger charge is 2.09. The summed E-state index contributed by atoms with van der Waals surface area (Å²) in [6.45, 7) is 1.54. The van der Waals surface area contributed by atoms with Crippen LogP contribution in [0.4, 0.5) is 5.69 Å². The van der Waals surface area contributed by atoms with Crippen LogP contribution in [-0.4, -0.2) is 10.7 Å². The Kier molecular flexibility index (Phi) is 5.14. The summed E-state index contributed by atoms with van der Waals surface area (Å²) in [6.07, 6.45) is 0. The molecule has 0 aromatic heterocycles. The van der Waals surface area contributed by atoms with Gasteiger partial charge in [0.25, 0.3) is 5.69 Å². The Morgan fingerprint density at radius 3 is 2.67 bits per heavy atom. The number of nitro benzene ring substituents is 1. The first-order chi connectivity index (χ1) is 9.97. The van der Waals surface area contributed by atoms with E-state index >= 15 is 0 Å². The van der Waals surface area contributed by atoms with Crippen LogP contribution in [0.2, 0.25) is 0 Å². The third-order valence-corrected chi connectivity index (χ3v) is 4.66. The van der Waals surface area contributed by atoms with Crippen LogP contribution in [0.1, 0.15) is 22.8 Å². The van der Waals surface area contributed by atoms with Crippen molar-refractivity contribution < 1.29 is 9.72 Å². The van der Waals surface area contributed by atoms with E-state index in [0.717, 1.165) is 10.5 Å². The molecule has 2 aromatic rings. The molecule has 2 rings (SSSR count). The van der Waals surface area contributed by atoms with Crippen molar-refractivity contribution in [2.45, 2.75) is 17.6 Å². The minimum Gasteiger partial charge on any atom is -0.295 e. The highest BCUT2D eigenvalue weighted by atomic mass is 79.9. The van der Waals surface area contributed by atoms with Crippen LogP contribution in [0.15, 0.2) is 51.8 Å². The molecular formula is C15H12BrNO3S. The van der Waals surface area contributed by atoms with Gasteiger partial charge < -0.3 is 0 Å². The molecule has 2 aromatic carbocycles. The van der Waals surface area contributed by atoms with Crippen LogP contribution in [0.3, 0.4) is 0 Å². The van der Waals surface area contributed by atoms with E-state index < -0.39 is 4.92 Å². The molecule has 0 radical (unpaired) electrons. The van der Waals surface area contributed by atoms with E-state index in [4.69, 9.17) is 0 Å². The van der Waals surface area contributed by atoms with Gasteiger partial charge in [-0.25, -0.2) is 0 Å². The highest BCUT2D eigenvalue weighted by molar-refractivity contribution is 9.10. The lowest BCUT2D eigenvalue weighted by Crippen LogP contribution is -1.92. The number of hydrogen-bond acceptors (Lipinski definition) is 4. The third kappa shape index (κ3) is 4.15. The first-order valence-electron chi connectivity index (χ1n) is 6.14. The Morgan fingerprint density at radius 2 is 2.05 bits per heavy atom.